The van der Waals surface area contributed by atoms with Crippen molar-refractivity contribution in [3.8, 4) is 0 Å². The van der Waals surface area contributed by atoms with Gasteiger partial charge in [-0.15, -0.1) is 22.7 Å². The van der Waals surface area contributed by atoms with Gasteiger partial charge >= 0.3 is 5.97 Å². The van der Waals surface area contributed by atoms with Crippen molar-refractivity contribution in [2.45, 2.75) is 52.1 Å². The highest BCUT2D eigenvalue weighted by Gasteiger charge is 2.20. The number of aromatic amines is 1. The lowest BCUT2D eigenvalue weighted by Gasteiger charge is -2.09. The molecule has 1 aliphatic carbocycles. The van der Waals surface area contributed by atoms with Gasteiger partial charge in [-0.2, -0.15) is 0 Å². The Morgan fingerprint density at radius 3 is 2.96 bits per heavy atom. The van der Waals surface area contributed by atoms with Crippen LogP contribution in [0.15, 0.2) is 10.2 Å². The Morgan fingerprint density at radius 1 is 1.31 bits per heavy atom. The third-order valence-electron chi connectivity index (χ3n) is 4.49. The first-order valence-corrected chi connectivity index (χ1v) is 10.4. The highest BCUT2D eigenvalue weighted by Crippen LogP contribution is 2.33. The minimum Gasteiger partial charge on any atom is -0.459 e. The van der Waals surface area contributed by atoms with E-state index in [4.69, 9.17) is 4.74 Å². The number of aryl methyl sites for hydroxylation is 4. The molecule has 0 atom stereocenters. The highest BCUT2D eigenvalue weighted by atomic mass is 32.1. The quantitative estimate of drug-likeness (QED) is 0.677. The predicted octanol–water partition coefficient (Wildman–Crippen LogP) is 3.30. The maximum Gasteiger partial charge on any atom is 0.306 e. The van der Waals surface area contributed by atoms with E-state index in [1.54, 1.807) is 11.3 Å². The van der Waals surface area contributed by atoms with Crippen molar-refractivity contribution in [2.75, 3.05) is 0 Å². The van der Waals surface area contributed by atoms with Crippen LogP contribution in [0.25, 0.3) is 10.2 Å². The number of H-pyrrole nitrogens is 1. The SMILES string of the molecule is Cc1nc(COC(=O)CCc2nc3sc4c(c3c(=O)[nH]2)CCCC4)cs1. The van der Waals surface area contributed by atoms with Gasteiger partial charge in [0, 0.05) is 16.7 Å². The molecule has 4 rings (SSSR count). The smallest absolute Gasteiger partial charge is 0.306 e. The summed E-state index contributed by atoms with van der Waals surface area (Å²) in [6.45, 7) is 2.10. The summed E-state index contributed by atoms with van der Waals surface area (Å²) in [7, 11) is 0. The van der Waals surface area contributed by atoms with E-state index in [1.165, 1.54) is 28.2 Å². The molecule has 0 amide bonds. The van der Waals surface area contributed by atoms with Gasteiger partial charge in [0.2, 0.25) is 0 Å². The molecule has 0 fully saturated rings. The summed E-state index contributed by atoms with van der Waals surface area (Å²) in [4.78, 5) is 38.2. The largest absolute Gasteiger partial charge is 0.459 e. The number of carbonyl (C=O) groups is 1. The zero-order valence-electron chi connectivity index (χ0n) is 14.5. The van der Waals surface area contributed by atoms with E-state index in [0.717, 1.165) is 40.2 Å². The van der Waals surface area contributed by atoms with Gasteiger partial charge in [-0.25, -0.2) is 9.97 Å². The van der Waals surface area contributed by atoms with Crippen LogP contribution in [0.2, 0.25) is 0 Å². The number of ether oxygens (including phenoxy) is 1. The van der Waals surface area contributed by atoms with Crippen LogP contribution in [0.5, 0.6) is 0 Å². The number of nitrogens with zero attached hydrogens (tertiary/aromatic N) is 2. The zero-order chi connectivity index (χ0) is 18.1. The Morgan fingerprint density at radius 2 is 2.15 bits per heavy atom. The Kier molecular flexibility index (Phi) is 4.86. The molecule has 8 heteroatoms. The standard InChI is InChI=1S/C18H19N3O3S2/c1-10-19-11(9-25-10)8-24-15(22)7-6-14-20-17(23)16-12-4-2-3-5-13(12)26-18(16)21-14/h9H,2-8H2,1H3,(H,20,21,23). The van der Waals surface area contributed by atoms with Crippen molar-refractivity contribution >= 4 is 38.9 Å². The number of hydrogen-bond acceptors (Lipinski definition) is 7. The van der Waals surface area contributed by atoms with Crippen molar-refractivity contribution in [3.05, 3.63) is 42.7 Å². The molecule has 3 aromatic heterocycles. The number of hydrogen-bond donors (Lipinski definition) is 1. The maximum atomic E-state index is 12.5. The van der Waals surface area contributed by atoms with Crippen molar-refractivity contribution in [3.63, 3.8) is 0 Å². The fourth-order valence-corrected chi connectivity index (χ4v) is 5.13. The molecule has 26 heavy (non-hydrogen) atoms. The molecule has 0 aliphatic heterocycles. The molecule has 0 aromatic carbocycles. The van der Waals surface area contributed by atoms with Crippen molar-refractivity contribution in [1.82, 2.24) is 15.0 Å². The molecule has 0 saturated heterocycles. The van der Waals surface area contributed by atoms with Gasteiger partial charge in [0.15, 0.2) is 0 Å². The molecular formula is C18H19N3O3S2. The zero-order valence-corrected chi connectivity index (χ0v) is 16.1. The number of fused-ring (bicyclic) bond motifs is 3. The summed E-state index contributed by atoms with van der Waals surface area (Å²) in [5.74, 6) is 0.228. The van der Waals surface area contributed by atoms with Crippen molar-refractivity contribution < 1.29 is 9.53 Å². The van der Waals surface area contributed by atoms with Crippen LogP contribution in [0.1, 0.15) is 46.2 Å². The number of thiophene rings is 1. The van der Waals surface area contributed by atoms with E-state index < -0.39 is 0 Å². The second-order valence-electron chi connectivity index (χ2n) is 6.42. The number of thiazole rings is 1. The van der Waals surface area contributed by atoms with Gasteiger partial charge in [0.25, 0.3) is 5.56 Å². The minimum absolute atomic E-state index is 0.0873. The molecule has 1 aliphatic rings. The summed E-state index contributed by atoms with van der Waals surface area (Å²) in [6.07, 6.45) is 4.85. The van der Waals surface area contributed by atoms with Gasteiger partial charge in [-0.3, -0.25) is 9.59 Å². The topological polar surface area (TPSA) is 84.9 Å². The van der Waals surface area contributed by atoms with Crippen LogP contribution in [-0.4, -0.2) is 20.9 Å². The molecule has 3 aromatic rings. The second-order valence-corrected chi connectivity index (χ2v) is 8.57. The van der Waals surface area contributed by atoms with Crippen LogP contribution in [0.3, 0.4) is 0 Å². The van der Waals surface area contributed by atoms with Crippen LogP contribution in [-0.2, 0) is 35.4 Å². The molecule has 136 valence electrons. The average Bonchev–Trinajstić information content (AvgIpc) is 3.21. The Labute approximate surface area is 158 Å². The molecule has 6 nitrogen and oxygen atoms in total. The molecule has 3 heterocycles. The first-order chi connectivity index (χ1) is 12.6. The summed E-state index contributed by atoms with van der Waals surface area (Å²) < 4.78 is 5.24. The fourth-order valence-electron chi connectivity index (χ4n) is 3.25. The van der Waals surface area contributed by atoms with E-state index in [2.05, 4.69) is 15.0 Å². The lowest BCUT2D eigenvalue weighted by Crippen LogP contribution is -2.14. The van der Waals surface area contributed by atoms with Gasteiger partial charge in [0.1, 0.15) is 17.3 Å². The molecule has 1 N–H and O–H groups in total. The third-order valence-corrected chi connectivity index (χ3v) is 6.50. The maximum absolute atomic E-state index is 12.5. The normalized spacial score (nSPS) is 13.7. The molecule has 0 spiro atoms. The monoisotopic (exact) mass is 389 g/mol. The summed E-state index contributed by atoms with van der Waals surface area (Å²) >= 11 is 3.15. The van der Waals surface area contributed by atoms with Crippen LogP contribution in [0.4, 0.5) is 0 Å². The fraction of sp³-hybridized carbons (Fsp3) is 0.444. The van der Waals surface area contributed by atoms with E-state index >= 15 is 0 Å². The number of carbonyl (C=O) groups excluding carboxylic acids is 1. The molecule has 0 saturated carbocycles. The number of rotatable bonds is 5. The summed E-state index contributed by atoms with van der Waals surface area (Å²) in [6, 6.07) is 0. The molecule has 0 bridgehead atoms. The van der Waals surface area contributed by atoms with Gasteiger partial charge < -0.3 is 9.72 Å². The third kappa shape index (κ3) is 3.57. The van der Waals surface area contributed by atoms with Crippen LogP contribution < -0.4 is 5.56 Å². The summed E-state index contributed by atoms with van der Waals surface area (Å²) in [5.41, 5.74) is 1.85. The Hall–Kier alpha value is -2.06. The average molecular weight is 390 g/mol. The minimum atomic E-state index is -0.316. The molecule has 0 unspecified atom stereocenters. The molecular weight excluding hydrogens is 370 g/mol. The molecule has 0 radical (unpaired) electrons. The second kappa shape index (κ2) is 7.28. The van der Waals surface area contributed by atoms with Crippen LogP contribution in [0, 0.1) is 6.92 Å². The van der Waals surface area contributed by atoms with Gasteiger partial charge in [-0.05, 0) is 38.2 Å². The highest BCUT2D eigenvalue weighted by molar-refractivity contribution is 7.18. The Bertz CT molecular complexity index is 1020. The number of esters is 1. The van der Waals surface area contributed by atoms with E-state index in [1.807, 2.05) is 12.3 Å². The number of aromatic nitrogens is 3. The van der Waals surface area contributed by atoms with E-state index in [9.17, 15) is 9.59 Å². The first-order valence-electron chi connectivity index (χ1n) is 8.70. The predicted molar refractivity (Wildman–Crippen MR) is 102 cm³/mol. The summed E-state index contributed by atoms with van der Waals surface area (Å²) in [5, 5.41) is 3.58. The number of nitrogens with one attached hydrogen (secondary N) is 1. The van der Waals surface area contributed by atoms with Crippen molar-refractivity contribution in [1.29, 1.82) is 0 Å². The van der Waals surface area contributed by atoms with Gasteiger partial charge in [-0.1, -0.05) is 0 Å². The van der Waals surface area contributed by atoms with Gasteiger partial charge in [0.05, 0.1) is 22.5 Å². The lowest BCUT2D eigenvalue weighted by molar-refractivity contribution is -0.145. The lowest BCUT2D eigenvalue weighted by atomic mass is 9.97. The van der Waals surface area contributed by atoms with E-state index in [0.29, 0.717) is 12.2 Å². The van der Waals surface area contributed by atoms with E-state index in [-0.39, 0.29) is 24.6 Å². The first kappa shape index (κ1) is 17.4. The Balaban J connectivity index is 1.42. The van der Waals surface area contributed by atoms with Crippen molar-refractivity contribution in [2.24, 2.45) is 0 Å². The van der Waals surface area contributed by atoms with Crippen LogP contribution >= 0.6 is 22.7 Å².